The van der Waals surface area contributed by atoms with Gasteiger partial charge in [-0.1, -0.05) is 18.2 Å². The van der Waals surface area contributed by atoms with Crippen molar-refractivity contribution in [3.05, 3.63) is 68.7 Å². The Morgan fingerprint density at radius 1 is 1.00 bits per heavy atom. The zero-order valence-corrected chi connectivity index (χ0v) is 12.1. The monoisotopic (exact) mass is 326 g/mol. The number of aryl methyl sites for hydroxylation is 2. The Bertz CT molecular complexity index is 626. The molecular weight excluding hydrogens is 314 g/mol. The average molecular weight is 327 g/mol. The second-order valence-electron chi connectivity index (χ2n) is 4.53. The van der Waals surface area contributed by atoms with Gasteiger partial charge in [-0.3, -0.25) is 0 Å². The van der Waals surface area contributed by atoms with Crippen molar-refractivity contribution >= 4 is 15.9 Å². The molecule has 1 nitrogen and oxygen atoms in total. The van der Waals surface area contributed by atoms with Crippen LogP contribution in [0.2, 0.25) is 0 Å². The average Bonchev–Trinajstić information content (AvgIpc) is 2.36. The van der Waals surface area contributed by atoms with E-state index >= 15 is 0 Å². The summed E-state index contributed by atoms with van der Waals surface area (Å²) in [6.45, 7) is 3.86. The zero-order valence-electron chi connectivity index (χ0n) is 10.5. The Hall–Kier alpha value is -1.26. The van der Waals surface area contributed by atoms with Gasteiger partial charge in [-0.15, -0.1) is 0 Å². The zero-order chi connectivity index (χ0) is 14.2. The molecule has 0 fully saturated rings. The molecule has 0 heterocycles. The topological polar surface area (TPSA) is 20.2 Å². The van der Waals surface area contributed by atoms with E-state index < -0.39 is 17.7 Å². The van der Waals surface area contributed by atoms with E-state index in [2.05, 4.69) is 15.9 Å². The normalized spacial score (nSPS) is 12.5. The molecule has 0 bridgehead atoms. The molecule has 0 aliphatic carbocycles. The third-order valence-electron chi connectivity index (χ3n) is 3.18. The smallest absolute Gasteiger partial charge is 0.137 e. The Kier molecular flexibility index (Phi) is 4.02. The predicted molar refractivity (Wildman–Crippen MR) is 74.0 cm³/mol. The lowest BCUT2D eigenvalue weighted by Gasteiger charge is -2.14. The van der Waals surface area contributed by atoms with E-state index in [0.29, 0.717) is 5.56 Å². The molecule has 1 unspecified atom stereocenters. The largest absolute Gasteiger partial charge is 0.384 e. The van der Waals surface area contributed by atoms with Gasteiger partial charge in [0.2, 0.25) is 0 Å². The van der Waals surface area contributed by atoms with Gasteiger partial charge in [0.1, 0.15) is 17.7 Å². The van der Waals surface area contributed by atoms with Gasteiger partial charge in [-0.25, -0.2) is 8.78 Å². The van der Waals surface area contributed by atoms with Crippen LogP contribution in [0.15, 0.2) is 34.8 Å². The van der Waals surface area contributed by atoms with E-state index in [4.69, 9.17) is 0 Å². The van der Waals surface area contributed by atoms with Gasteiger partial charge in [0.05, 0.1) is 4.47 Å². The summed E-state index contributed by atoms with van der Waals surface area (Å²) in [7, 11) is 0. The summed E-state index contributed by atoms with van der Waals surface area (Å²) in [5, 5.41) is 10.2. The summed E-state index contributed by atoms with van der Waals surface area (Å²) in [6.07, 6.45) is -1.18. The van der Waals surface area contributed by atoms with Crippen LogP contribution in [-0.2, 0) is 0 Å². The number of rotatable bonds is 2. The van der Waals surface area contributed by atoms with Crippen LogP contribution < -0.4 is 0 Å². The molecule has 0 saturated carbocycles. The summed E-state index contributed by atoms with van der Waals surface area (Å²) in [5.41, 5.74) is 2.56. The summed E-state index contributed by atoms with van der Waals surface area (Å²) in [5.74, 6) is -1.24. The van der Waals surface area contributed by atoms with Crippen LogP contribution in [0.5, 0.6) is 0 Å². The van der Waals surface area contributed by atoms with Crippen molar-refractivity contribution < 1.29 is 13.9 Å². The second kappa shape index (κ2) is 5.39. The van der Waals surface area contributed by atoms with Gasteiger partial charge in [0.15, 0.2) is 0 Å². The van der Waals surface area contributed by atoms with E-state index in [1.165, 1.54) is 0 Å². The maximum absolute atomic E-state index is 13.8. The molecule has 0 spiro atoms. The lowest BCUT2D eigenvalue weighted by atomic mass is 9.97. The fourth-order valence-electron chi connectivity index (χ4n) is 1.86. The SMILES string of the molecule is Cc1ccc(C(O)c2cc(F)c(Br)cc2F)cc1C. The maximum atomic E-state index is 13.8. The molecule has 0 radical (unpaired) electrons. The molecule has 1 N–H and O–H groups in total. The fraction of sp³-hybridized carbons (Fsp3) is 0.200. The molecule has 19 heavy (non-hydrogen) atoms. The van der Waals surface area contributed by atoms with Crippen LogP contribution in [0, 0.1) is 25.5 Å². The van der Waals surface area contributed by atoms with E-state index in [1.807, 2.05) is 19.9 Å². The van der Waals surface area contributed by atoms with Gasteiger partial charge >= 0.3 is 0 Å². The van der Waals surface area contributed by atoms with Crippen molar-refractivity contribution in [3.63, 3.8) is 0 Å². The summed E-state index contributed by atoms with van der Waals surface area (Å²) in [6, 6.07) is 7.38. The first-order valence-electron chi connectivity index (χ1n) is 5.80. The molecule has 100 valence electrons. The molecule has 2 rings (SSSR count). The van der Waals surface area contributed by atoms with Crippen LogP contribution in [-0.4, -0.2) is 5.11 Å². The lowest BCUT2D eigenvalue weighted by Crippen LogP contribution is -2.04. The van der Waals surface area contributed by atoms with E-state index in [0.717, 1.165) is 23.3 Å². The molecule has 2 aromatic carbocycles. The van der Waals surface area contributed by atoms with Gasteiger partial charge < -0.3 is 5.11 Å². The Labute approximate surface area is 119 Å². The fourth-order valence-corrected chi connectivity index (χ4v) is 2.18. The van der Waals surface area contributed by atoms with E-state index in [-0.39, 0.29) is 10.0 Å². The number of hydrogen-bond acceptors (Lipinski definition) is 1. The Morgan fingerprint density at radius 2 is 1.68 bits per heavy atom. The quantitative estimate of drug-likeness (QED) is 0.809. The summed E-state index contributed by atoms with van der Waals surface area (Å²) < 4.78 is 27.3. The van der Waals surface area contributed by atoms with Crippen LogP contribution in [0.4, 0.5) is 8.78 Å². The summed E-state index contributed by atoms with van der Waals surface area (Å²) in [4.78, 5) is 0. The predicted octanol–water partition coefficient (Wildman–Crippen LogP) is 4.43. The summed E-state index contributed by atoms with van der Waals surface area (Å²) >= 11 is 2.91. The number of benzene rings is 2. The first-order valence-corrected chi connectivity index (χ1v) is 6.59. The molecule has 0 amide bonds. The molecule has 4 heteroatoms. The molecular formula is C15H13BrF2O. The van der Waals surface area contributed by atoms with Crippen molar-refractivity contribution in [2.75, 3.05) is 0 Å². The first-order chi connectivity index (χ1) is 8.90. The first kappa shape index (κ1) is 14.2. The molecule has 0 aromatic heterocycles. The van der Waals surface area contributed by atoms with Crippen molar-refractivity contribution in [1.29, 1.82) is 0 Å². The van der Waals surface area contributed by atoms with Crippen LogP contribution in [0.1, 0.15) is 28.4 Å². The van der Waals surface area contributed by atoms with Crippen molar-refractivity contribution in [2.24, 2.45) is 0 Å². The van der Waals surface area contributed by atoms with Crippen molar-refractivity contribution in [1.82, 2.24) is 0 Å². The minimum absolute atomic E-state index is 0.0426. The minimum Gasteiger partial charge on any atom is -0.384 e. The van der Waals surface area contributed by atoms with Gasteiger partial charge in [0, 0.05) is 5.56 Å². The standard InChI is InChI=1S/C15H13BrF2O/c1-8-3-4-10(5-9(8)2)15(19)11-6-14(18)12(16)7-13(11)17/h3-7,15,19H,1-2H3. The van der Waals surface area contributed by atoms with Gasteiger partial charge in [0.25, 0.3) is 0 Å². The number of aliphatic hydroxyl groups is 1. The molecule has 0 aliphatic heterocycles. The van der Waals surface area contributed by atoms with E-state index in [1.54, 1.807) is 12.1 Å². The highest BCUT2D eigenvalue weighted by Gasteiger charge is 2.18. The molecule has 0 saturated heterocycles. The van der Waals surface area contributed by atoms with Crippen molar-refractivity contribution in [3.8, 4) is 0 Å². The highest BCUT2D eigenvalue weighted by molar-refractivity contribution is 9.10. The Balaban J connectivity index is 2.46. The van der Waals surface area contributed by atoms with Gasteiger partial charge in [-0.05, 0) is 58.6 Å². The second-order valence-corrected chi connectivity index (χ2v) is 5.39. The highest BCUT2D eigenvalue weighted by Crippen LogP contribution is 2.29. The van der Waals surface area contributed by atoms with Crippen LogP contribution in [0.3, 0.4) is 0 Å². The third-order valence-corrected chi connectivity index (χ3v) is 3.79. The minimum atomic E-state index is -1.18. The number of hydrogen-bond donors (Lipinski definition) is 1. The Morgan fingerprint density at radius 3 is 2.32 bits per heavy atom. The number of aliphatic hydroxyl groups excluding tert-OH is 1. The van der Waals surface area contributed by atoms with Crippen LogP contribution in [0.25, 0.3) is 0 Å². The highest BCUT2D eigenvalue weighted by atomic mass is 79.9. The molecule has 1 atom stereocenters. The van der Waals surface area contributed by atoms with Gasteiger partial charge in [-0.2, -0.15) is 0 Å². The lowest BCUT2D eigenvalue weighted by molar-refractivity contribution is 0.214. The molecule has 0 aliphatic rings. The molecule has 2 aromatic rings. The maximum Gasteiger partial charge on any atom is 0.137 e. The number of halogens is 3. The van der Waals surface area contributed by atoms with Crippen molar-refractivity contribution in [2.45, 2.75) is 20.0 Å². The third kappa shape index (κ3) is 2.85. The van der Waals surface area contributed by atoms with Crippen LogP contribution >= 0.6 is 15.9 Å². The van der Waals surface area contributed by atoms with E-state index in [9.17, 15) is 13.9 Å².